The Balaban J connectivity index is 1.97. The monoisotopic (exact) mass is 335 g/mol. The molecule has 22 heavy (non-hydrogen) atoms. The van der Waals surface area contributed by atoms with Gasteiger partial charge in [0.15, 0.2) is 0 Å². The van der Waals surface area contributed by atoms with Crippen molar-refractivity contribution >= 4 is 21.6 Å². The molecule has 0 bridgehead atoms. The van der Waals surface area contributed by atoms with Crippen LogP contribution in [0.4, 0.5) is 0 Å². The number of benzene rings is 2. The summed E-state index contributed by atoms with van der Waals surface area (Å²) in [6, 6.07) is 14.4. The van der Waals surface area contributed by atoms with Crippen LogP contribution >= 0.6 is 11.6 Å². The molecule has 1 aliphatic heterocycles. The van der Waals surface area contributed by atoms with Gasteiger partial charge in [0.25, 0.3) is 0 Å². The van der Waals surface area contributed by atoms with Gasteiger partial charge in [-0.05, 0) is 49.6 Å². The molecule has 0 amide bonds. The standard InChI is InChI=1S/C17H18ClNO2S/c1-13-7-9-16(10-8-13)22(20,21)19-11-3-6-17(19)14-4-2-5-15(18)12-14/h2,4-5,7-10,12,17H,3,6,11H2,1H3. The van der Waals surface area contributed by atoms with E-state index in [0.717, 1.165) is 24.0 Å². The summed E-state index contributed by atoms with van der Waals surface area (Å²) in [5, 5.41) is 0.636. The van der Waals surface area contributed by atoms with E-state index in [-0.39, 0.29) is 6.04 Å². The average Bonchev–Trinajstić information content (AvgIpc) is 2.98. The van der Waals surface area contributed by atoms with Gasteiger partial charge in [0.1, 0.15) is 0 Å². The van der Waals surface area contributed by atoms with Crippen LogP contribution in [0.25, 0.3) is 0 Å². The summed E-state index contributed by atoms with van der Waals surface area (Å²) in [6.07, 6.45) is 1.69. The number of sulfonamides is 1. The Morgan fingerprint density at radius 2 is 1.86 bits per heavy atom. The minimum Gasteiger partial charge on any atom is -0.207 e. The second-order valence-corrected chi connectivity index (χ2v) is 7.97. The third-order valence-electron chi connectivity index (χ3n) is 4.06. The number of rotatable bonds is 3. The van der Waals surface area contributed by atoms with E-state index in [2.05, 4.69) is 0 Å². The number of nitrogens with zero attached hydrogens (tertiary/aromatic N) is 1. The Kier molecular flexibility index (Phi) is 4.26. The molecule has 0 spiro atoms. The lowest BCUT2D eigenvalue weighted by molar-refractivity contribution is 0.396. The molecular formula is C17H18ClNO2S. The highest BCUT2D eigenvalue weighted by Crippen LogP contribution is 2.37. The molecule has 1 heterocycles. The third-order valence-corrected chi connectivity index (χ3v) is 6.22. The number of aryl methyl sites for hydroxylation is 1. The van der Waals surface area contributed by atoms with Crippen LogP contribution < -0.4 is 0 Å². The van der Waals surface area contributed by atoms with Crippen LogP contribution in [0.15, 0.2) is 53.4 Å². The molecule has 3 nitrogen and oxygen atoms in total. The summed E-state index contributed by atoms with van der Waals surface area (Å²) < 4.78 is 27.4. The molecule has 0 aliphatic carbocycles. The molecule has 1 saturated heterocycles. The van der Waals surface area contributed by atoms with E-state index >= 15 is 0 Å². The highest BCUT2D eigenvalue weighted by atomic mass is 35.5. The van der Waals surface area contributed by atoms with Crippen LogP contribution in [0, 0.1) is 6.92 Å². The topological polar surface area (TPSA) is 37.4 Å². The van der Waals surface area contributed by atoms with Crippen molar-refractivity contribution in [3.8, 4) is 0 Å². The highest BCUT2D eigenvalue weighted by molar-refractivity contribution is 7.89. The van der Waals surface area contributed by atoms with Crippen molar-refractivity contribution in [2.24, 2.45) is 0 Å². The van der Waals surface area contributed by atoms with E-state index in [0.29, 0.717) is 16.5 Å². The Morgan fingerprint density at radius 1 is 1.14 bits per heavy atom. The van der Waals surface area contributed by atoms with Gasteiger partial charge in [0.2, 0.25) is 10.0 Å². The average molecular weight is 336 g/mol. The molecule has 5 heteroatoms. The van der Waals surface area contributed by atoms with Gasteiger partial charge in [0, 0.05) is 11.6 Å². The molecule has 0 N–H and O–H groups in total. The lowest BCUT2D eigenvalue weighted by Gasteiger charge is -2.24. The second kappa shape index (κ2) is 6.03. The van der Waals surface area contributed by atoms with E-state index in [4.69, 9.17) is 11.6 Å². The normalized spacial score (nSPS) is 19.5. The predicted molar refractivity (Wildman–Crippen MR) is 88.5 cm³/mol. The van der Waals surface area contributed by atoms with E-state index in [1.165, 1.54) is 0 Å². The molecule has 1 fully saturated rings. The molecule has 3 rings (SSSR count). The van der Waals surface area contributed by atoms with E-state index in [1.54, 1.807) is 22.5 Å². The van der Waals surface area contributed by atoms with Gasteiger partial charge in [0.05, 0.1) is 10.9 Å². The lowest BCUT2D eigenvalue weighted by Crippen LogP contribution is -2.30. The predicted octanol–water partition coefficient (Wildman–Crippen LogP) is 4.17. The van der Waals surface area contributed by atoms with Crippen molar-refractivity contribution in [2.45, 2.75) is 30.7 Å². The maximum atomic E-state index is 12.9. The second-order valence-electron chi connectivity index (χ2n) is 5.64. The van der Waals surface area contributed by atoms with Crippen LogP contribution in [-0.2, 0) is 10.0 Å². The quantitative estimate of drug-likeness (QED) is 0.844. The molecule has 2 aromatic rings. The number of hydrogen-bond donors (Lipinski definition) is 0. The molecular weight excluding hydrogens is 318 g/mol. The van der Waals surface area contributed by atoms with Gasteiger partial charge in [-0.25, -0.2) is 8.42 Å². The molecule has 1 aliphatic rings. The van der Waals surface area contributed by atoms with E-state index in [9.17, 15) is 8.42 Å². The largest absolute Gasteiger partial charge is 0.243 e. The fourth-order valence-corrected chi connectivity index (χ4v) is 4.80. The summed E-state index contributed by atoms with van der Waals surface area (Å²) in [4.78, 5) is 0.354. The Hall–Kier alpha value is -1.36. The minimum absolute atomic E-state index is 0.134. The molecule has 116 valence electrons. The van der Waals surface area contributed by atoms with Crippen molar-refractivity contribution in [1.82, 2.24) is 4.31 Å². The fraction of sp³-hybridized carbons (Fsp3) is 0.294. The summed E-state index contributed by atoms with van der Waals surface area (Å²) in [5.41, 5.74) is 2.01. The third kappa shape index (κ3) is 2.91. The fourth-order valence-electron chi connectivity index (χ4n) is 2.92. The van der Waals surface area contributed by atoms with Crippen LogP contribution in [0.1, 0.15) is 30.0 Å². The molecule has 2 aromatic carbocycles. The van der Waals surface area contributed by atoms with E-state index in [1.807, 2.05) is 37.3 Å². The lowest BCUT2D eigenvalue weighted by atomic mass is 10.1. The van der Waals surface area contributed by atoms with Crippen LogP contribution in [0.3, 0.4) is 0 Å². The van der Waals surface area contributed by atoms with Gasteiger partial charge < -0.3 is 0 Å². The van der Waals surface area contributed by atoms with Crippen LogP contribution in [0.2, 0.25) is 5.02 Å². The molecule has 1 unspecified atom stereocenters. The van der Waals surface area contributed by atoms with Crippen LogP contribution in [0.5, 0.6) is 0 Å². The summed E-state index contributed by atoms with van der Waals surface area (Å²) >= 11 is 6.05. The van der Waals surface area contributed by atoms with Gasteiger partial charge >= 0.3 is 0 Å². The highest BCUT2D eigenvalue weighted by Gasteiger charge is 2.36. The first-order valence-electron chi connectivity index (χ1n) is 7.32. The van der Waals surface area contributed by atoms with Gasteiger partial charge in [-0.15, -0.1) is 0 Å². The minimum atomic E-state index is -3.48. The Morgan fingerprint density at radius 3 is 2.55 bits per heavy atom. The summed E-state index contributed by atoms with van der Waals surface area (Å²) in [6.45, 7) is 2.49. The summed E-state index contributed by atoms with van der Waals surface area (Å²) in [5.74, 6) is 0. The van der Waals surface area contributed by atoms with Gasteiger partial charge in [-0.3, -0.25) is 0 Å². The van der Waals surface area contributed by atoms with Crippen molar-refractivity contribution < 1.29 is 8.42 Å². The zero-order valence-corrected chi connectivity index (χ0v) is 13.9. The zero-order valence-electron chi connectivity index (χ0n) is 12.4. The van der Waals surface area contributed by atoms with Crippen molar-refractivity contribution in [1.29, 1.82) is 0 Å². The van der Waals surface area contributed by atoms with Gasteiger partial charge in [-0.2, -0.15) is 4.31 Å². The van der Waals surface area contributed by atoms with Crippen molar-refractivity contribution in [3.05, 3.63) is 64.7 Å². The SMILES string of the molecule is Cc1ccc(S(=O)(=O)N2CCCC2c2cccc(Cl)c2)cc1. The first-order chi connectivity index (χ1) is 10.5. The molecule has 0 aromatic heterocycles. The van der Waals surface area contributed by atoms with Gasteiger partial charge in [-0.1, -0.05) is 41.4 Å². The maximum Gasteiger partial charge on any atom is 0.243 e. The Bertz CT molecular complexity index is 772. The first-order valence-corrected chi connectivity index (χ1v) is 9.14. The number of halogens is 1. The maximum absolute atomic E-state index is 12.9. The smallest absolute Gasteiger partial charge is 0.207 e. The zero-order chi connectivity index (χ0) is 15.7. The Labute approximate surface area is 136 Å². The molecule has 0 radical (unpaired) electrons. The first kappa shape index (κ1) is 15.5. The van der Waals surface area contributed by atoms with Crippen LogP contribution in [-0.4, -0.2) is 19.3 Å². The van der Waals surface area contributed by atoms with Crippen molar-refractivity contribution in [2.75, 3.05) is 6.54 Å². The van der Waals surface area contributed by atoms with E-state index < -0.39 is 10.0 Å². The molecule has 1 atom stereocenters. The number of hydrogen-bond acceptors (Lipinski definition) is 2. The van der Waals surface area contributed by atoms with Crippen molar-refractivity contribution in [3.63, 3.8) is 0 Å². The summed E-state index contributed by atoms with van der Waals surface area (Å²) in [7, 11) is -3.48. The molecule has 0 saturated carbocycles.